The van der Waals surface area contributed by atoms with Gasteiger partial charge in [-0.05, 0) is 23.6 Å². The number of pyridine rings is 1. The van der Waals surface area contributed by atoms with E-state index in [0.717, 1.165) is 24.1 Å². The maximum atomic E-state index is 13.2. The van der Waals surface area contributed by atoms with Crippen LogP contribution in [-0.4, -0.2) is 52.7 Å². The van der Waals surface area contributed by atoms with Crippen LogP contribution in [0.15, 0.2) is 36.8 Å². The number of carbonyl (C=O) groups excluding carboxylic acids is 2. The monoisotopic (exact) mass is 447 g/mol. The minimum absolute atomic E-state index is 0.132. The van der Waals surface area contributed by atoms with Crippen molar-refractivity contribution in [1.29, 1.82) is 5.26 Å². The van der Waals surface area contributed by atoms with Crippen molar-refractivity contribution in [2.45, 2.75) is 25.8 Å². The molecular formula is C23H25N7O3. The van der Waals surface area contributed by atoms with Crippen molar-refractivity contribution in [3.63, 3.8) is 0 Å². The molecule has 0 bridgehead atoms. The van der Waals surface area contributed by atoms with Crippen molar-refractivity contribution in [3.8, 4) is 23.1 Å². The highest BCUT2D eigenvalue weighted by Gasteiger charge is 2.37. The lowest BCUT2D eigenvalue weighted by molar-refractivity contribution is -0.118. The lowest BCUT2D eigenvalue weighted by atomic mass is 9.97. The van der Waals surface area contributed by atoms with Gasteiger partial charge in [-0.1, -0.05) is 13.3 Å². The molecule has 0 saturated carbocycles. The van der Waals surface area contributed by atoms with Gasteiger partial charge in [-0.15, -0.1) is 0 Å². The van der Waals surface area contributed by atoms with Gasteiger partial charge in [-0.3, -0.25) is 9.59 Å². The van der Waals surface area contributed by atoms with Crippen LogP contribution in [0, 0.1) is 17.2 Å². The molecule has 1 aliphatic heterocycles. The molecule has 10 heteroatoms. The molecule has 0 aromatic carbocycles. The topological polar surface area (TPSA) is 139 Å². The Morgan fingerprint density at radius 3 is 2.88 bits per heavy atom. The smallest absolute Gasteiger partial charge is 0.252 e. The molecule has 3 aromatic heterocycles. The van der Waals surface area contributed by atoms with Crippen LogP contribution in [-0.2, 0) is 4.79 Å². The summed E-state index contributed by atoms with van der Waals surface area (Å²) in [4.78, 5) is 31.4. The molecule has 10 nitrogen and oxygen atoms in total. The zero-order valence-corrected chi connectivity index (χ0v) is 18.5. The molecule has 4 rings (SSSR count). The van der Waals surface area contributed by atoms with Crippen molar-refractivity contribution >= 4 is 23.0 Å². The normalized spacial score (nSPS) is 17.6. The molecule has 1 aliphatic rings. The molecule has 1 fully saturated rings. The summed E-state index contributed by atoms with van der Waals surface area (Å²) < 4.78 is 6.84. The Labute approximate surface area is 191 Å². The number of aromatic nitrogens is 3. The molecule has 0 radical (unpaired) electrons. The van der Waals surface area contributed by atoms with E-state index in [1.165, 1.54) is 6.20 Å². The number of anilines is 1. The molecule has 4 heterocycles. The van der Waals surface area contributed by atoms with Crippen LogP contribution in [0.25, 0.3) is 16.6 Å². The third-order valence-electron chi connectivity index (χ3n) is 6.05. The van der Waals surface area contributed by atoms with E-state index in [1.54, 1.807) is 35.0 Å². The van der Waals surface area contributed by atoms with E-state index in [0.29, 0.717) is 23.6 Å². The fourth-order valence-electron chi connectivity index (χ4n) is 4.40. The van der Waals surface area contributed by atoms with Crippen LogP contribution in [0.1, 0.15) is 30.1 Å². The van der Waals surface area contributed by atoms with E-state index in [1.807, 2.05) is 18.2 Å². The van der Waals surface area contributed by atoms with E-state index < -0.39 is 5.91 Å². The number of amides is 2. The molecule has 3 aromatic rings. The third kappa shape index (κ3) is 4.10. The average Bonchev–Trinajstić information content (AvgIpc) is 3.46. The second-order valence-corrected chi connectivity index (χ2v) is 7.91. The van der Waals surface area contributed by atoms with Crippen molar-refractivity contribution in [2.75, 3.05) is 25.1 Å². The van der Waals surface area contributed by atoms with Gasteiger partial charge in [0.05, 0.1) is 42.2 Å². The molecule has 0 spiro atoms. The van der Waals surface area contributed by atoms with Crippen LogP contribution in [0.4, 0.5) is 5.69 Å². The number of ether oxygens (including phenoxy) is 1. The van der Waals surface area contributed by atoms with Crippen LogP contribution < -0.4 is 20.7 Å². The van der Waals surface area contributed by atoms with E-state index in [-0.39, 0.29) is 29.9 Å². The Morgan fingerprint density at radius 2 is 2.18 bits per heavy atom. The van der Waals surface area contributed by atoms with Crippen LogP contribution in [0.3, 0.4) is 0 Å². The molecule has 0 aliphatic carbocycles. The number of hydrogen-bond acceptors (Lipinski definition) is 7. The van der Waals surface area contributed by atoms with E-state index in [2.05, 4.69) is 22.3 Å². The second-order valence-electron chi connectivity index (χ2n) is 7.91. The van der Waals surface area contributed by atoms with E-state index in [9.17, 15) is 14.9 Å². The lowest BCUT2D eigenvalue weighted by Gasteiger charge is -2.33. The number of nitrogens with two attached hydrogens (primary N) is 1. The number of rotatable bonds is 7. The van der Waals surface area contributed by atoms with Gasteiger partial charge < -0.3 is 20.7 Å². The maximum Gasteiger partial charge on any atom is 0.252 e. The Kier molecular flexibility index (Phi) is 6.24. The highest BCUT2D eigenvalue weighted by atomic mass is 16.5. The summed E-state index contributed by atoms with van der Waals surface area (Å²) >= 11 is 0. The first-order valence-corrected chi connectivity index (χ1v) is 10.7. The quantitative estimate of drug-likeness (QED) is 0.562. The zero-order valence-electron chi connectivity index (χ0n) is 18.5. The Hall–Kier alpha value is -3.97. The van der Waals surface area contributed by atoms with Gasteiger partial charge in [-0.2, -0.15) is 10.4 Å². The summed E-state index contributed by atoms with van der Waals surface area (Å²) in [5.41, 5.74) is 8.40. The maximum absolute atomic E-state index is 13.2. The van der Waals surface area contributed by atoms with Gasteiger partial charge in [0, 0.05) is 37.1 Å². The SMILES string of the molecule is CCC1CNCC1N(C(=O)CC#N)c1c(C(N)=O)cnn2cc(-c3ccnc(OC)c3)cc12. The second kappa shape index (κ2) is 9.26. The molecule has 3 N–H and O–H groups in total. The summed E-state index contributed by atoms with van der Waals surface area (Å²) in [5, 5.41) is 16.9. The summed E-state index contributed by atoms with van der Waals surface area (Å²) in [6.07, 6.45) is 5.34. The minimum Gasteiger partial charge on any atom is -0.481 e. The van der Waals surface area contributed by atoms with Crippen molar-refractivity contribution in [1.82, 2.24) is 19.9 Å². The summed E-state index contributed by atoms with van der Waals surface area (Å²) in [5.74, 6) is -0.446. The first-order valence-electron chi connectivity index (χ1n) is 10.7. The highest BCUT2D eigenvalue weighted by Crippen LogP contribution is 2.35. The standard InChI is InChI=1S/C23H25N7O3/c1-3-14-10-26-12-19(14)30(21(31)4-6-24)22-17(23(25)32)11-28-29-13-16(8-18(22)29)15-5-7-27-20(9-15)33-2/h5,7-9,11,13-14,19,26H,3-4,10,12H2,1-2H3,(H2,25,32). The zero-order chi connectivity index (χ0) is 23.5. The number of carbonyl (C=O) groups is 2. The van der Waals surface area contributed by atoms with Crippen LogP contribution >= 0.6 is 0 Å². The molecule has 2 unspecified atom stereocenters. The predicted molar refractivity (Wildman–Crippen MR) is 122 cm³/mol. The van der Waals surface area contributed by atoms with Crippen molar-refractivity contribution in [3.05, 3.63) is 42.4 Å². The van der Waals surface area contributed by atoms with Gasteiger partial charge in [0.15, 0.2) is 0 Å². The van der Waals surface area contributed by atoms with Crippen LogP contribution in [0.2, 0.25) is 0 Å². The van der Waals surface area contributed by atoms with Gasteiger partial charge in [-0.25, -0.2) is 9.50 Å². The van der Waals surface area contributed by atoms with E-state index in [4.69, 9.17) is 10.5 Å². The summed E-state index contributed by atoms with van der Waals surface area (Å²) in [7, 11) is 1.54. The van der Waals surface area contributed by atoms with Crippen molar-refractivity contribution < 1.29 is 14.3 Å². The molecule has 2 amide bonds. The molecule has 2 atom stereocenters. The van der Waals surface area contributed by atoms with Gasteiger partial charge in [0.1, 0.15) is 6.42 Å². The molecule has 170 valence electrons. The number of methoxy groups -OCH3 is 1. The number of fused-ring (bicyclic) bond motifs is 1. The average molecular weight is 447 g/mol. The van der Waals surface area contributed by atoms with Gasteiger partial charge >= 0.3 is 0 Å². The summed E-state index contributed by atoms with van der Waals surface area (Å²) in [6.45, 7) is 3.35. The highest BCUT2D eigenvalue weighted by molar-refractivity contribution is 6.09. The lowest BCUT2D eigenvalue weighted by Crippen LogP contribution is -2.46. The number of hydrogen-bond donors (Lipinski definition) is 2. The minimum atomic E-state index is -0.693. The Morgan fingerprint density at radius 1 is 1.36 bits per heavy atom. The van der Waals surface area contributed by atoms with Gasteiger partial charge in [0.2, 0.25) is 11.8 Å². The van der Waals surface area contributed by atoms with Crippen LogP contribution in [0.5, 0.6) is 5.88 Å². The third-order valence-corrected chi connectivity index (χ3v) is 6.05. The fraction of sp³-hybridized carbons (Fsp3) is 0.348. The molecule has 33 heavy (non-hydrogen) atoms. The van der Waals surface area contributed by atoms with Crippen molar-refractivity contribution in [2.24, 2.45) is 11.7 Å². The Balaban J connectivity index is 1.95. The summed E-state index contributed by atoms with van der Waals surface area (Å²) in [6, 6.07) is 7.19. The number of primary amides is 1. The fourth-order valence-corrected chi connectivity index (χ4v) is 4.40. The van der Waals surface area contributed by atoms with Gasteiger partial charge in [0.25, 0.3) is 5.91 Å². The molecule has 1 saturated heterocycles. The number of nitriles is 1. The number of nitrogens with one attached hydrogen (secondary N) is 1. The van der Waals surface area contributed by atoms with E-state index >= 15 is 0 Å². The largest absolute Gasteiger partial charge is 0.481 e. The predicted octanol–water partition coefficient (Wildman–Crippen LogP) is 1.75. The molecular weight excluding hydrogens is 422 g/mol. The Bertz CT molecular complexity index is 1250. The first-order chi connectivity index (χ1) is 16.0. The first kappa shape index (κ1) is 22.2. The number of nitrogens with zero attached hydrogens (tertiary/aromatic N) is 5.